The van der Waals surface area contributed by atoms with Gasteiger partial charge in [-0.2, -0.15) is 4.68 Å². The summed E-state index contributed by atoms with van der Waals surface area (Å²) < 4.78 is 1.22. The second-order valence-corrected chi connectivity index (χ2v) is 2.93. The summed E-state index contributed by atoms with van der Waals surface area (Å²) in [4.78, 5) is 24.0. The third kappa shape index (κ3) is 2.71. The zero-order valence-corrected chi connectivity index (χ0v) is 7.95. The van der Waals surface area contributed by atoms with Crippen molar-refractivity contribution >= 4 is 11.9 Å². The maximum absolute atomic E-state index is 11.0. The summed E-state index contributed by atoms with van der Waals surface area (Å²) in [7, 11) is 0. The van der Waals surface area contributed by atoms with Crippen molar-refractivity contribution < 1.29 is 9.72 Å². The topological polar surface area (TPSA) is 129 Å². The SMILES string of the molecule is CC(Cn1cnc([N+](=O)[O-])n1)C(=O)NN. The third-order valence-corrected chi connectivity index (χ3v) is 1.74. The van der Waals surface area contributed by atoms with Crippen LogP contribution in [-0.4, -0.2) is 25.6 Å². The molecule has 1 heterocycles. The molecule has 15 heavy (non-hydrogen) atoms. The van der Waals surface area contributed by atoms with Crippen molar-refractivity contribution in [3.05, 3.63) is 16.4 Å². The Labute approximate surface area is 84.4 Å². The van der Waals surface area contributed by atoms with E-state index in [1.54, 1.807) is 6.92 Å². The molecular weight excluding hydrogens is 204 g/mol. The molecule has 1 unspecified atom stereocenters. The molecule has 1 rings (SSSR count). The molecule has 9 heteroatoms. The molecule has 1 aromatic heterocycles. The summed E-state index contributed by atoms with van der Waals surface area (Å²) in [6.07, 6.45) is 1.19. The number of hydrogen-bond acceptors (Lipinski definition) is 6. The summed E-state index contributed by atoms with van der Waals surface area (Å²) in [5.41, 5.74) is 1.98. The fourth-order valence-electron chi connectivity index (χ4n) is 0.962. The second-order valence-electron chi connectivity index (χ2n) is 2.93. The van der Waals surface area contributed by atoms with Crippen LogP contribution < -0.4 is 11.3 Å². The molecule has 9 nitrogen and oxygen atoms in total. The Hall–Kier alpha value is -2.03. The molecular formula is C6H10N6O3. The first-order valence-electron chi connectivity index (χ1n) is 4.09. The molecule has 1 atom stereocenters. The molecule has 0 aliphatic rings. The molecule has 0 aliphatic carbocycles. The number of nitro groups is 1. The predicted octanol–water partition coefficient (Wildman–Crippen LogP) is -1.19. The minimum absolute atomic E-state index is 0.184. The van der Waals surface area contributed by atoms with Crippen LogP contribution in [0.15, 0.2) is 6.33 Å². The number of hydrogen-bond donors (Lipinski definition) is 2. The summed E-state index contributed by atoms with van der Waals surface area (Å²) in [6, 6.07) is 0. The van der Waals surface area contributed by atoms with Gasteiger partial charge in [0.2, 0.25) is 12.2 Å². The Morgan fingerprint density at radius 1 is 1.87 bits per heavy atom. The van der Waals surface area contributed by atoms with Gasteiger partial charge in [-0.25, -0.2) is 5.84 Å². The molecule has 0 saturated heterocycles. The molecule has 0 fully saturated rings. The van der Waals surface area contributed by atoms with Crippen molar-refractivity contribution in [3.8, 4) is 0 Å². The van der Waals surface area contributed by atoms with E-state index in [4.69, 9.17) is 5.84 Å². The summed E-state index contributed by atoms with van der Waals surface area (Å²) in [5.74, 6) is 3.64. The van der Waals surface area contributed by atoms with E-state index in [2.05, 4.69) is 10.1 Å². The minimum Gasteiger partial charge on any atom is -0.390 e. The van der Waals surface area contributed by atoms with Gasteiger partial charge in [0, 0.05) is 5.10 Å². The number of aromatic nitrogens is 3. The fourth-order valence-corrected chi connectivity index (χ4v) is 0.962. The van der Waals surface area contributed by atoms with Gasteiger partial charge in [0.05, 0.1) is 12.5 Å². The Bertz CT molecular complexity index is 375. The van der Waals surface area contributed by atoms with Crippen LogP contribution in [0.5, 0.6) is 0 Å². The van der Waals surface area contributed by atoms with Crippen molar-refractivity contribution in [2.24, 2.45) is 11.8 Å². The van der Waals surface area contributed by atoms with E-state index in [1.165, 1.54) is 11.0 Å². The van der Waals surface area contributed by atoms with Gasteiger partial charge in [-0.1, -0.05) is 11.9 Å². The normalized spacial score (nSPS) is 12.1. The van der Waals surface area contributed by atoms with Gasteiger partial charge in [-0.3, -0.25) is 10.2 Å². The average Bonchev–Trinajstić information content (AvgIpc) is 2.65. The first-order chi connectivity index (χ1) is 7.04. The summed E-state index contributed by atoms with van der Waals surface area (Å²) in [6.45, 7) is 1.81. The van der Waals surface area contributed by atoms with Crippen LogP contribution in [-0.2, 0) is 11.3 Å². The zero-order chi connectivity index (χ0) is 11.4. The lowest BCUT2D eigenvalue weighted by Crippen LogP contribution is -2.36. The van der Waals surface area contributed by atoms with Gasteiger partial charge < -0.3 is 10.1 Å². The van der Waals surface area contributed by atoms with Crippen molar-refractivity contribution in [2.75, 3.05) is 0 Å². The van der Waals surface area contributed by atoms with E-state index in [1.807, 2.05) is 5.43 Å². The molecule has 0 spiro atoms. The van der Waals surface area contributed by atoms with Crippen LogP contribution in [0.1, 0.15) is 6.92 Å². The molecule has 0 saturated carbocycles. The maximum Gasteiger partial charge on any atom is 0.490 e. The van der Waals surface area contributed by atoms with Gasteiger partial charge in [0.1, 0.15) is 0 Å². The van der Waals surface area contributed by atoms with Gasteiger partial charge in [0.15, 0.2) is 0 Å². The first kappa shape index (κ1) is 11.0. The second kappa shape index (κ2) is 4.46. The number of nitrogens with one attached hydrogen (secondary N) is 1. The number of carbonyl (C=O) groups is 1. The van der Waals surface area contributed by atoms with Crippen LogP contribution in [0.3, 0.4) is 0 Å². The van der Waals surface area contributed by atoms with E-state index in [0.29, 0.717) is 0 Å². The molecule has 0 aliphatic heterocycles. The quantitative estimate of drug-likeness (QED) is 0.280. The number of rotatable bonds is 4. The number of hydrazine groups is 1. The van der Waals surface area contributed by atoms with E-state index in [0.717, 1.165) is 0 Å². The molecule has 0 bridgehead atoms. The molecule has 0 aromatic carbocycles. The minimum atomic E-state index is -0.704. The van der Waals surface area contributed by atoms with Gasteiger partial charge in [-0.15, -0.1) is 0 Å². The van der Waals surface area contributed by atoms with Crippen LogP contribution >= 0.6 is 0 Å². The Balaban J connectivity index is 2.65. The number of carbonyl (C=O) groups excluding carboxylic acids is 1. The van der Waals surface area contributed by atoms with E-state index in [-0.39, 0.29) is 12.5 Å². The Morgan fingerprint density at radius 2 is 2.53 bits per heavy atom. The zero-order valence-electron chi connectivity index (χ0n) is 7.95. The molecule has 3 N–H and O–H groups in total. The van der Waals surface area contributed by atoms with Crippen LogP contribution in [0.2, 0.25) is 0 Å². The van der Waals surface area contributed by atoms with Crippen molar-refractivity contribution in [1.29, 1.82) is 0 Å². The Kier molecular flexibility index (Phi) is 3.29. The van der Waals surface area contributed by atoms with Crippen LogP contribution in [0, 0.1) is 16.0 Å². The lowest BCUT2D eigenvalue weighted by Gasteiger charge is -2.06. The number of nitrogens with two attached hydrogens (primary N) is 1. The lowest BCUT2D eigenvalue weighted by atomic mass is 10.2. The summed E-state index contributed by atoms with van der Waals surface area (Å²) in [5, 5.41) is 13.8. The highest BCUT2D eigenvalue weighted by Gasteiger charge is 2.18. The summed E-state index contributed by atoms with van der Waals surface area (Å²) >= 11 is 0. The predicted molar refractivity (Wildman–Crippen MR) is 48.2 cm³/mol. The molecule has 0 radical (unpaired) electrons. The lowest BCUT2D eigenvalue weighted by molar-refractivity contribution is -0.394. The Morgan fingerprint density at radius 3 is 3.00 bits per heavy atom. The van der Waals surface area contributed by atoms with Gasteiger partial charge in [0.25, 0.3) is 0 Å². The van der Waals surface area contributed by atoms with Crippen LogP contribution in [0.25, 0.3) is 0 Å². The van der Waals surface area contributed by atoms with Gasteiger partial charge in [-0.05, 0) is 4.92 Å². The highest BCUT2D eigenvalue weighted by atomic mass is 16.6. The van der Waals surface area contributed by atoms with E-state index < -0.39 is 16.8 Å². The largest absolute Gasteiger partial charge is 0.490 e. The molecule has 1 amide bonds. The number of nitrogens with zero attached hydrogens (tertiary/aromatic N) is 4. The van der Waals surface area contributed by atoms with Crippen molar-refractivity contribution in [3.63, 3.8) is 0 Å². The van der Waals surface area contributed by atoms with Gasteiger partial charge >= 0.3 is 5.95 Å². The highest BCUT2D eigenvalue weighted by Crippen LogP contribution is 2.03. The average molecular weight is 214 g/mol. The first-order valence-corrected chi connectivity index (χ1v) is 4.09. The number of amides is 1. The smallest absolute Gasteiger partial charge is 0.390 e. The molecule has 82 valence electrons. The van der Waals surface area contributed by atoms with Crippen molar-refractivity contribution in [1.82, 2.24) is 20.2 Å². The monoisotopic (exact) mass is 214 g/mol. The molecule has 1 aromatic rings. The maximum atomic E-state index is 11.0. The van der Waals surface area contributed by atoms with E-state index in [9.17, 15) is 14.9 Å². The standard InChI is InChI=1S/C6H10N6O3/c1-4(5(13)9-7)2-11-3-8-6(10-11)12(14)15/h3-4H,2,7H2,1H3,(H,9,13). The van der Waals surface area contributed by atoms with Crippen molar-refractivity contribution in [2.45, 2.75) is 13.5 Å². The third-order valence-electron chi connectivity index (χ3n) is 1.74. The fraction of sp³-hybridized carbons (Fsp3) is 0.500. The highest BCUT2D eigenvalue weighted by molar-refractivity contribution is 5.77. The van der Waals surface area contributed by atoms with Crippen LogP contribution in [0.4, 0.5) is 5.95 Å². The van der Waals surface area contributed by atoms with E-state index >= 15 is 0 Å².